The summed E-state index contributed by atoms with van der Waals surface area (Å²) in [6, 6.07) is 0. The molecule has 0 atom stereocenters. The van der Waals surface area contributed by atoms with E-state index >= 15 is 0 Å². The first-order chi connectivity index (χ1) is 11.7. The average molecular weight is 383 g/mol. The molecule has 0 saturated carbocycles. The molecule has 3 N–H and O–H groups in total. The second kappa shape index (κ2) is 7.19. The lowest BCUT2D eigenvalue weighted by Crippen LogP contribution is -2.15. The first-order valence-electron chi connectivity index (χ1n) is 7.27. The highest BCUT2D eigenvalue weighted by Crippen LogP contribution is 2.34. The van der Waals surface area contributed by atoms with Gasteiger partial charge in [-0.3, -0.25) is 14.4 Å². The second-order valence-corrected chi connectivity index (χ2v) is 7.12. The standard InChI is InChI=1S/C15H17N3O5S2/c1-5-23-14(21)8-6(2)9(11(16)19)24-13(8)17-12(20)10-7(3)18(4)15(22)25-10/h5H2,1-4H3,(H2,16,19)(H,17,20). The summed E-state index contributed by atoms with van der Waals surface area (Å²) in [6.45, 7) is 5.00. The van der Waals surface area contributed by atoms with E-state index in [9.17, 15) is 19.2 Å². The number of hydrogen-bond acceptors (Lipinski definition) is 7. The van der Waals surface area contributed by atoms with Crippen LogP contribution in [0.15, 0.2) is 4.79 Å². The number of ether oxygens (including phenoxy) is 1. The predicted octanol–water partition coefficient (Wildman–Crippen LogP) is 1.65. The van der Waals surface area contributed by atoms with Gasteiger partial charge in [-0.1, -0.05) is 11.3 Å². The Labute approximate surface area is 151 Å². The Morgan fingerprint density at radius 2 is 1.84 bits per heavy atom. The maximum Gasteiger partial charge on any atom is 0.341 e. The topological polar surface area (TPSA) is 120 Å². The lowest BCUT2D eigenvalue weighted by molar-refractivity contribution is 0.0527. The van der Waals surface area contributed by atoms with E-state index in [1.807, 2.05) is 0 Å². The number of carbonyl (C=O) groups excluding carboxylic acids is 3. The Morgan fingerprint density at radius 1 is 1.20 bits per heavy atom. The van der Waals surface area contributed by atoms with Crippen LogP contribution >= 0.6 is 22.7 Å². The van der Waals surface area contributed by atoms with Crippen molar-refractivity contribution in [3.05, 3.63) is 36.2 Å². The average Bonchev–Trinajstić information content (AvgIpc) is 2.99. The van der Waals surface area contributed by atoms with Crippen molar-refractivity contribution in [3.63, 3.8) is 0 Å². The largest absolute Gasteiger partial charge is 0.462 e. The molecule has 25 heavy (non-hydrogen) atoms. The highest BCUT2D eigenvalue weighted by Gasteiger charge is 2.27. The quantitative estimate of drug-likeness (QED) is 0.761. The van der Waals surface area contributed by atoms with Crippen molar-refractivity contribution in [3.8, 4) is 0 Å². The number of amides is 2. The molecule has 0 aromatic carbocycles. The lowest BCUT2D eigenvalue weighted by Gasteiger charge is -2.06. The molecule has 0 saturated heterocycles. The summed E-state index contributed by atoms with van der Waals surface area (Å²) < 4.78 is 6.35. The molecule has 2 rings (SSSR count). The molecule has 0 bridgehead atoms. The molecule has 0 aliphatic heterocycles. The first kappa shape index (κ1) is 18.9. The highest BCUT2D eigenvalue weighted by molar-refractivity contribution is 7.19. The number of nitrogens with zero attached hydrogens (tertiary/aromatic N) is 1. The molecular weight excluding hydrogens is 366 g/mol. The van der Waals surface area contributed by atoms with E-state index in [4.69, 9.17) is 10.5 Å². The zero-order chi connectivity index (χ0) is 18.9. The maximum atomic E-state index is 12.5. The summed E-state index contributed by atoms with van der Waals surface area (Å²) in [6.07, 6.45) is 0. The van der Waals surface area contributed by atoms with Crippen LogP contribution in [0.2, 0.25) is 0 Å². The van der Waals surface area contributed by atoms with Crippen LogP contribution in [0, 0.1) is 13.8 Å². The minimum Gasteiger partial charge on any atom is -0.462 e. The van der Waals surface area contributed by atoms with Gasteiger partial charge in [0.25, 0.3) is 11.8 Å². The Morgan fingerprint density at radius 3 is 2.32 bits per heavy atom. The summed E-state index contributed by atoms with van der Waals surface area (Å²) >= 11 is 1.70. The van der Waals surface area contributed by atoms with Crippen LogP contribution < -0.4 is 15.9 Å². The smallest absolute Gasteiger partial charge is 0.341 e. The monoisotopic (exact) mass is 383 g/mol. The van der Waals surface area contributed by atoms with Crippen molar-refractivity contribution in [1.29, 1.82) is 0 Å². The van der Waals surface area contributed by atoms with Crippen LogP contribution in [0.3, 0.4) is 0 Å². The Balaban J connectivity index is 2.47. The van der Waals surface area contributed by atoms with Gasteiger partial charge < -0.3 is 20.4 Å². The van der Waals surface area contributed by atoms with Gasteiger partial charge in [0.05, 0.1) is 17.0 Å². The third-order valence-corrected chi connectivity index (χ3v) is 5.93. The van der Waals surface area contributed by atoms with Crippen molar-refractivity contribution in [2.75, 3.05) is 11.9 Å². The summed E-state index contributed by atoms with van der Waals surface area (Å²) in [5.74, 6) is -1.89. The van der Waals surface area contributed by atoms with Crippen molar-refractivity contribution in [1.82, 2.24) is 4.57 Å². The number of primary amides is 1. The van der Waals surface area contributed by atoms with Crippen LogP contribution in [0.25, 0.3) is 0 Å². The van der Waals surface area contributed by atoms with E-state index in [1.165, 1.54) is 4.57 Å². The van der Waals surface area contributed by atoms with Gasteiger partial charge in [0, 0.05) is 12.7 Å². The number of esters is 1. The summed E-state index contributed by atoms with van der Waals surface area (Å²) in [4.78, 5) is 48.1. The summed E-state index contributed by atoms with van der Waals surface area (Å²) in [5.41, 5.74) is 6.28. The molecule has 2 amide bonds. The van der Waals surface area contributed by atoms with Gasteiger partial charge in [-0.05, 0) is 26.3 Å². The number of rotatable bonds is 5. The second-order valence-electron chi connectivity index (χ2n) is 5.14. The zero-order valence-corrected chi connectivity index (χ0v) is 15.7. The molecule has 8 nitrogen and oxygen atoms in total. The fourth-order valence-electron chi connectivity index (χ4n) is 2.18. The molecule has 2 aromatic heterocycles. The van der Waals surface area contributed by atoms with E-state index in [1.54, 1.807) is 27.8 Å². The van der Waals surface area contributed by atoms with Crippen LogP contribution in [0.5, 0.6) is 0 Å². The van der Waals surface area contributed by atoms with Gasteiger partial charge in [0.2, 0.25) is 0 Å². The van der Waals surface area contributed by atoms with Crippen LogP contribution in [0.4, 0.5) is 5.00 Å². The van der Waals surface area contributed by atoms with Gasteiger partial charge in [0.15, 0.2) is 0 Å². The van der Waals surface area contributed by atoms with E-state index < -0.39 is 17.8 Å². The Hall–Kier alpha value is -2.46. The third-order valence-electron chi connectivity index (χ3n) is 3.58. The number of nitrogens with one attached hydrogen (secondary N) is 1. The van der Waals surface area contributed by atoms with Crippen LogP contribution in [-0.4, -0.2) is 29.0 Å². The summed E-state index contributed by atoms with van der Waals surface area (Å²) in [7, 11) is 1.56. The molecule has 0 unspecified atom stereocenters. The molecule has 134 valence electrons. The number of thiophene rings is 1. The number of nitrogens with two attached hydrogens (primary N) is 1. The van der Waals surface area contributed by atoms with E-state index in [0.29, 0.717) is 11.3 Å². The summed E-state index contributed by atoms with van der Waals surface area (Å²) in [5, 5.41) is 2.76. The Bertz CT molecular complexity index is 922. The van der Waals surface area contributed by atoms with Gasteiger partial charge in [-0.25, -0.2) is 4.79 Å². The highest BCUT2D eigenvalue weighted by atomic mass is 32.1. The van der Waals surface area contributed by atoms with Gasteiger partial charge >= 0.3 is 10.8 Å². The number of carbonyl (C=O) groups is 3. The molecule has 2 heterocycles. The number of anilines is 1. The molecular formula is C15H17N3O5S2. The van der Waals surface area contributed by atoms with Crippen LogP contribution in [-0.2, 0) is 11.8 Å². The van der Waals surface area contributed by atoms with Crippen molar-refractivity contribution < 1.29 is 19.1 Å². The minimum atomic E-state index is -0.700. The molecule has 10 heteroatoms. The fourth-order valence-corrected chi connectivity index (χ4v) is 4.09. The number of thiazole rings is 1. The van der Waals surface area contributed by atoms with Gasteiger partial charge in [-0.2, -0.15) is 0 Å². The van der Waals surface area contributed by atoms with Crippen molar-refractivity contribution in [2.24, 2.45) is 12.8 Å². The zero-order valence-electron chi connectivity index (χ0n) is 14.1. The normalized spacial score (nSPS) is 10.6. The van der Waals surface area contributed by atoms with Gasteiger partial charge in [-0.15, -0.1) is 11.3 Å². The molecule has 0 radical (unpaired) electrons. The van der Waals surface area contributed by atoms with E-state index in [2.05, 4.69) is 5.32 Å². The van der Waals surface area contributed by atoms with Crippen molar-refractivity contribution in [2.45, 2.75) is 20.8 Å². The SMILES string of the molecule is CCOC(=O)c1c(NC(=O)c2sc(=O)n(C)c2C)sc(C(N)=O)c1C. The van der Waals surface area contributed by atoms with Crippen molar-refractivity contribution >= 4 is 45.5 Å². The lowest BCUT2D eigenvalue weighted by atomic mass is 10.1. The van der Waals surface area contributed by atoms with Crippen LogP contribution in [0.1, 0.15) is 47.9 Å². The van der Waals surface area contributed by atoms with Gasteiger partial charge in [0.1, 0.15) is 9.88 Å². The number of hydrogen-bond donors (Lipinski definition) is 2. The fraction of sp³-hybridized carbons (Fsp3) is 0.333. The maximum absolute atomic E-state index is 12.5. The molecule has 0 aliphatic rings. The molecule has 0 aliphatic carbocycles. The Kier molecular flexibility index (Phi) is 5.43. The first-order valence-corrected chi connectivity index (χ1v) is 8.90. The third kappa shape index (κ3) is 3.49. The molecule has 0 fully saturated rings. The molecule has 2 aromatic rings. The minimum absolute atomic E-state index is 0.0925. The number of aromatic nitrogens is 1. The van der Waals surface area contributed by atoms with E-state index in [0.717, 1.165) is 22.7 Å². The predicted molar refractivity (Wildman–Crippen MR) is 95.8 cm³/mol. The molecule has 0 spiro atoms. The van der Waals surface area contributed by atoms with E-state index in [-0.39, 0.29) is 31.8 Å².